The van der Waals surface area contributed by atoms with Crippen LogP contribution >= 0.6 is 0 Å². The molecule has 1 aliphatic rings. The molecule has 114 valence electrons. The third kappa shape index (κ3) is 3.39. The highest BCUT2D eigenvalue weighted by molar-refractivity contribution is 5.84. The summed E-state index contributed by atoms with van der Waals surface area (Å²) in [5, 5.41) is 1.33. The number of ether oxygens (including phenoxy) is 1. The number of aromatic amines is 1. The van der Waals surface area contributed by atoms with E-state index >= 15 is 0 Å². The van der Waals surface area contributed by atoms with Gasteiger partial charge in [-0.2, -0.15) is 0 Å². The van der Waals surface area contributed by atoms with Gasteiger partial charge in [-0.1, -0.05) is 0 Å². The molecule has 0 radical (unpaired) electrons. The Morgan fingerprint density at radius 1 is 1.19 bits per heavy atom. The fraction of sp³-hybridized carbons (Fsp3) is 0.529. The van der Waals surface area contributed by atoms with Crippen LogP contribution in [0, 0.1) is 0 Å². The zero-order valence-corrected chi connectivity index (χ0v) is 13.1. The molecule has 2 heterocycles. The predicted molar refractivity (Wildman–Crippen MR) is 87.1 cm³/mol. The van der Waals surface area contributed by atoms with E-state index in [0.29, 0.717) is 6.61 Å². The molecule has 0 atom stereocenters. The zero-order chi connectivity index (χ0) is 14.7. The maximum Gasteiger partial charge on any atom is 0.121 e. The highest BCUT2D eigenvalue weighted by atomic mass is 16.5. The lowest BCUT2D eigenvalue weighted by atomic mass is 10.1. The van der Waals surface area contributed by atoms with Crippen molar-refractivity contribution in [1.82, 2.24) is 14.8 Å². The van der Waals surface area contributed by atoms with E-state index in [1.165, 1.54) is 42.6 Å². The van der Waals surface area contributed by atoms with E-state index in [-0.39, 0.29) is 0 Å². The Labute approximate surface area is 126 Å². The average Bonchev–Trinajstić information content (AvgIpc) is 2.89. The molecule has 4 heteroatoms. The lowest BCUT2D eigenvalue weighted by Gasteiger charge is -2.32. The monoisotopic (exact) mass is 287 g/mol. The molecular weight excluding hydrogens is 262 g/mol. The molecule has 1 aromatic carbocycles. The topological polar surface area (TPSA) is 31.5 Å². The van der Waals surface area contributed by atoms with E-state index in [4.69, 9.17) is 4.74 Å². The fourth-order valence-electron chi connectivity index (χ4n) is 2.98. The van der Waals surface area contributed by atoms with Gasteiger partial charge >= 0.3 is 0 Å². The van der Waals surface area contributed by atoms with E-state index in [1.54, 1.807) is 0 Å². The lowest BCUT2D eigenvalue weighted by Crippen LogP contribution is -2.45. The number of nitrogens with one attached hydrogen (secondary N) is 1. The average molecular weight is 287 g/mol. The molecule has 1 aliphatic heterocycles. The first-order chi connectivity index (χ1) is 10.3. The van der Waals surface area contributed by atoms with Gasteiger partial charge in [0.1, 0.15) is 5.75 Å². The standard InChI is InChI=1S/C17H25N3O/c1-3-21-15-4-5-16-14(13-18-17(16)12-15)6-7-20-10-8-19(2)9-11-20/h4-5,12-13,18H,3,6-11H2,1-2H3. The zero-order valence-electron chi connectivity index (χ0n) is 13.1. The van der Waals surface area contributed by atoms with Gasteiger partial charge in [0.25, 0.3) is 0 Å². The third-order valence-electron chi connectivity index (χ3n) is 4.34. The number of benzene rings is 1. The van der Waals surface area contributed by atoms with Crippen molar-refractivity contribution in [2.75, 3.05) is 46.4 Å². The van der Waals surface area contributed by atoms with E-state index in [9.17, 15) is 0 Å². The summed E-state index contributed by atoms with van der Waals surface area (Å²) in [7, 11) is 2.20. The molecule has 1 saturated heterocycles. The number of likely N-dealkylation sites (N-methyl/N-ethyl adjacent to an activating group) is 1. The Morgan fingerprint density at radius 3 is 2.76 bits per heavy atom. The molecule has 0 unspecified atom stereocenters. The fourth-order valence-corrected chi connectivity index (χ4v) is 2.98. The van der Waals surface area contributed by atoms with Crippen LogP contribution in [0.1, 0.15) is 12.5 Å². The van der Waals surface area contributed by atoms with Gasteiger partial charge in [-0.05, 0) is 38.1 Å². The van der Waals surface area contributed by atoms with Crippen molar-refractivity contribution in [1.29, 1.82) is 0 Å². The first kappa shape index (κ1) is 14.4. The van der Waals surface area contributed by atoms with Gasteiger partial charge in [0, 0.05) is 55.9 Å². The van der Waals surface area contributed by atoms with Crippen LogP contribution in [-0.2, 0) is 6.42 Å². The van der Waals surface area contributed by atoms with E-state index < -0.39 is 0 Å². The number of hydrogen-bond donors (Lipinski definition) is 1. The molecule has 0 spiro atoms. The van der Waals surface area contributed by atoms with Gasteiger partial charge in [0.05, 0.1) is 6.61 Å². The molecule has 1 fully saturated rings. The number of fused-ring (bicyclic) bond motifs is 1. The van der Waals surface area contributed by atoms with Gasteiger partial charge in [-0.15, -0.1) is 0 Å². The van der Waals surface area contributed by atoms with Crippen LogP contribution in [0.5, 0.6) is 5.75 Å². The molecule has 0 saturated carbocycles. The van der Waals surface area contributed by atoms with Crippen LogP contribution in [0.25, 0.3) is 10.9 Å². The number of aromatic nitrogens is 1. The van der Waals surface area contributed by atoms with Crippen LogP contribution in [-0.4, -0.2) is 61.2 Å². The van der Waals surface area contributed by atoms with Crippen LogP contribution in [0.4, 0.5) is 0 Å². The number of H-pyrrole nitrogens is 1. The normalized spacial score (nSPS) is 17.4. The molecule has 0 amide bonds. The van der Waals surface area contributed by atoms with Crippen molar-refractivity contribution < 1.29 is 4.74 Å². The SMILES string of the molecule is CCOc1ccc2c(CCN3CCN(C)CC3)c[nH]c2c1. The molecule has 1 aromatic heterocycles. The summed E-state index contributed by atoms with van der Waals surface area (Å²) in [5.41, 5.74) is 2.58. The second-order valence-corrected chi connectivity index (χ2v) is 5.85. The summed E-state index contributed by atoms with van der Waals surface area (Å²) in [5.74, 6) is 0.942. The number of piperazine rings is 1. The Hall–Kier alpha value is -1.52. The highest BCUT2D eigenvalue weighted by Crippen LogP contribution is 2.24. The maximum atomic E-state index is 5.56. The molecule has 4 nitrogen and oxygen atoms in total. The smallest absolute Gasteiger partial charge is 0.121 e. The number of rotatable bonds is 5. The molecule has 2 aromatic rings. The molecule has 0 bridgehead atoms. The Bertz CT molecular complexity index is 585. The van der Waals surface area contributed by atoms with Crippen LogP contribution in [0.3, 0.4) is 0 Å². The second-order valence-electron chi connectivity index (χ2n) is 5.85. The quantitative estimate of drug-likeness (QED) is 0.916. The minimum atomic E-state index is 0.711. The van der Waals surface area contributed by atoms with Crippen molar-refractivity contribution in [3.63, 3.8) is 0 Å². The van der Waals surface area contributed by atoms with Crippen molar-refractivity contribution >= 4 is 10.9 Å². The summed E-state index contributed by atoms with van der Waals surface area (Å²) in [6.45, 7) is 8.62. The lowest BCUT2D eigenvalue weighted by molar-refractivity contribution is 0.155. The van der Waals surface area contributed by atoms with Crippen LogP contribution in [0.15, 0.2) is 24.4 Å². The van der Waals surface area contributed by atoms with Crippen molar-refractivity contribution in [2.45, 2.75) is 13.3 Å². The van der Waals surface area contributed by atoms with Crippen molar-refractivity contribution in [2.24, 2.45) is 0 Å². The first-order valence-corrected chi connectivity index (χ1v) is 7.90. The number of nitrogens with zero attached hydrogens (tertiary/aromatic N) is 2. The Kier molecular flexibility index (Phi) is 4.46. The van der Waals surface area contributed by atoms with Crippen molar-refractivity contribution in [3.05, 3.63) is 30.0 Å². The number of hydrogen-bond acceptors (Lipinski definition) is 3. The highest BCUT2D eigenvalue weighted by Gasteiger charge is 2.14. The maximum absolute atomic E-state index is 5.56. The predicted octanol–water partition coefficient (Wildman–Crippen LogP) is 2.36. The van der Waals surface area contributed by atoms with Gasteiger partial charge in [-0.3, -0.25) is 0 Å². The van der Waals surface area contributed by atoms with Gasteiger partial charge < -0.3 is 19.5 Å². The van der Waals surface area contributed by atoms with Gasteiger partial charge in [0.2, 0.25) is 0 Å². The Balaban J connectivity index is 1.64. The molecule has 1 N–H and O–H groups in total. The van der Waals surface area contributed by atoms with Crippen LogP contribution in [0.2, 0.25) is 0 Å². The minimum absolute atomic E-state index is 0.711. The summed E-state index contributed by atoms with van der Waals surface area (Å²) >= 11 is 0. The minimum Gasteiger partial charge on any atom is -0.494 e. The van der Waals surface area contributed by atoms with E-state index in [2.05, 4.69) is 46.2 Å². The summed E-state index contributed by atoms with van der Waals surface area (Å²) < 4.78 is 5.56. The molecule has 0 aliphatic carbocycles. The summed E-state index contributed by atoms with van der Waals surface area (Å²) in [6, 6.07) is 6.34. The molecule has 21 heavy (non-hydrogen) atoms. The van der Waals surface area contributed by atoms with Crippen molar-refractivity contribution in [3.8, 4) is 5.75 Å². The molecular formula is C17H25N3O. The third-order valence-corrected chi connectivity index (χ3v) is 4.34. The molecule has 3 rings (SSSR count). The van der Waals surface area contributed by atoms with E-state index in [1.807, 2.05) is 6.92 Å². The first-order valence-electron chi connectivity index (χ1n) is 7.90. The van der Waals surface area contributed by atoms with Gasteiger partial charge in [0.15, 0.2) is 0 Å². The Morgan fingerprint density at radius 2 is 2.00 bits per heavy atom. The second kappa shape index (κ2) is 6.50. The van der Waals surface area contributed by atoms with Gasteiger partial charge in [-0.25, -0.2) is 0 Å². The summed E-state index contributed by atoms with van der Waals surface area (Å²) in [4.78, 5) is 8.34. The van der Waals surface area contributed by atoms with E-state index in [0.717, 1.165) is 18.7 Å². The summed E-state index contributed by atoms with van der Waals surface area (Å²) in [6.07, 6.45) is 3.26. The largest absolute Gasteiger partial charge is 0.494 e. The van der Waals surface area contributed by atoms with Crippen LogP contribution < -0.4 is 4.74 Å².